The van der Waals surface area contributed by atoms with Crippen LogP contribution in [0.15, 0.2) is 40.0 Å². The maximum absolute atomic E-state index is 5.75. The zero-order valence-electron chi connectivity index (χ0n) is 13.6. The molecule has 0 saturated heterocycles. The Hall–Kier alpha value is -2.61. The van der Waals surface area contributed by atoms with Gasteiger partial charge in [0.25, 0.3) is 0 Å². The van der Waals surface area contributed by atoms with E-state index in [2.05, 4.69) is 20.1 Å². The molecule has 3 rings (SSSR count). The molecule has 1 unspecified atom stereocenters. The van der Waals surface area contributed by atoms with Crippen molar-refractivity contribution in [1.82, 2.24) is 20.1 Å². The molecule has 0 radical (unpaired) electrons. The first-order valence-electron chi connectivity index (χ1n) is 7.31. The molecule has 0 spiro atoms. The van der Waals surface area contributed by atoms with Crippen LogP contribution in [0.2, 0.25) is 0 Å². The fourth-order valence-corrected chi connectivity index (χ4v) is 2.95. The minimum atomic E-state index is -0.0919. The van der Waals surface area contributed by atoms with Crippen molar-refractivity contribution in [2.24, 2.45) is 0 Å². The third-order valence-electron chi connectivity index (χ3n) is 3.27. The van der Waals surface area contributed by atoms with Gasteiger partial charge in [0.05, 0.1) is 12.4 Å². The number of rotatable bonds is 5. The maximum Gasteiger partial charge on any atom is 0.240 e. The third kappa shape index (κ3) is 3.65. The van der Waals surface area contributed by atoms with Gasteiger partial charge in [-0.1, -0.05) is 16.9 Å². The van der Waals surface area contributed by atoms with Crippen molar-refractivity contribution in [3.63, 3.8) is 0 Å². The van der Waals surface area contributed by atoms with Gasteiger partial charge in [-0.05, 0) is 38.1 Å². The third-order valence-corrected chi connectivity index (χ3v) is 4.22. The Morgan fingerprint density at radius 3 is 2.58 bits per heavy atom. The van der Waals surface area contributed by atoms with Gasteiger partial charge in [0.1, 0.15) is 11.6 Å². The lowest BCUT2D eigenvalue weighted by Crippen LogP contribution is -1.98. The molecule has 0 amide bonds. The van der Waals surface area contributed by atoms with Gasteiger partial charge in [0, 0.05) is 17.3 Å². The van der Waals surface area contributed by atoms with Gasteiger partial charge >= 0.3 is 0 Å². The molecule has 8 heteroatoms. The summed E-state index contributed by atoms with van der Waals surface area (Å²) in [4.78, 5) is 13.0. The van der Waals surface area contributed by atoms with Crippen LogP contribution in [0.5, 0.6) is 5.75 Å². The number of aryl methyl sites for hydroxylation is 1. The summed E-state index contributed by atoms with van der Waals surface area (Å²) < 4.78 is 10.5. The Morgan fingerprint density at radius 2 is 1.92 bits per heavy atom. The molecule has 0 aliphatic heterocycles. The average molecular weight is 343 g/mol. The van der Waals surface area contributed by atoms with Crippen LogP contribution in [0.25, 0.3) is 11.4 Å². The minimum absolute atomic E-state index is 0.0919. The Labute approximate surface area is 143 Å². The summed E-state index contributed by atoms with van der Waals surface area (Å²) in [7, 11) is 1.63. The van der Waals surface area contributed by atoms with Gasteiger partial charge in [-0.3, -0.25) is 0 Å². The smallest absolute Gasteiger partial charge is 0.240 e. The van der Waals surface area contributed by atoms with Gasteiger partial charge in [-0.2, -0.15) is 4.98 Å². The highest BCUT2D eigenvalue weighted by Crippen LogP contribution is 2.33. The van der Waals surface area contributed by atoms with Crippen molar-refractivity contribution in [1.29, 1.82) is 0 Å². The number of nitrogens with zero attached hydrogens (tertiary/aromatic N) is 4. The van der Waals surface area contributed by atoms with E-state index in [1.165, 1.54) is 11.8 Å². The topological polar surface area (TPSA) is 100.0 Å². The Kier molecular flexibility index (Phi) is 4.66. The highest BCUT2D eigenvalue weighted by molar-refractivity contribution is 7.99. The number of benzene rings is 1. The van der Waals surface area contributed by atoms with E-state index >= 15 is 0 Å². The summed E-state index contributed by atoms with van der Waals surface area (Å²) in [6.07, 6.45) is 0. The quantitative estimate of drug-likeness (QED) is 0.556. The maximum atomic E-state index is 5.75. The predicted octanol–water partition coefficient (Wildman–Crippen LogP) is 3.28. The molecule has 7 nitrogen and oxygen atoms in total. The number of ether oxygens (including phenoxy) is 1. The van der Waals surface area contributed by atoms with Crippen LogP contribution in [-0.2, 0) is 0 Å². The van der Waals surface area contributed by atoms with Crippen LogP contribution in [0.4, 0.5) is 5.82 Å². The monoisotopic (exact) mass is 343 g/mol. The molecule has 1 aromatic carbocycles. The number of anilines is 1. The van der Waals surface area contributed by atoms with E-state index in [-0.39, 0.29) is 5.25 Å². The number of nitrogen functional groups attached to an aromatic ring is 1. The summed E-state index contributed by atoms with van der Waals surface area (Å²) >= 11 is 1.42. The zero-order valence-corrected chi connectivity index (χ0v) is 14.4. The van der Waals surface area contributed by atoms with Crippen molar-refractivity contribution in [2.45, 2.75) is 24.3 Å². The average Bonchev–Trinajstić information content (AvgIpc) is 3.04. The van der Waals surface area contributed by atoms with E-state index in [4.69, 9.17) is 15.0 Å². The van der Waals surface area contributed by atoms with Crippen LogP contribution >= 0.6 is 11.8 Å². The largest absolute Gasteiger partial charge is 0.497 e. The Balaban J connectivity index is 1.76. The standard InChI is InChI=1S/C16H17N5O2S/c1-9-8-13(17)19-16(18-9)24-10(2)15-20-14(21-23-15)11-4-6-12(22-3)7-5-11/h4-8,10H,1-3H3,(H2,17,18,19). The van der Waals surface area contributed by atoms with Crippen LogP contribution in [-0.4, -0.2) is 27.2 Å². The predicted molar refractivity (Wildman–Crippen MR) is 91.7 cm³/mol. The second-order valence-electron chi connectivity index (χ2n) is 5.16. The summed E-state index contributed by atoms with van der Waals surface area (Å²) in [5, 5.41) is 4.53. The highest BCUT2D eigenvalue weighted by Gasteiger charge is 2.18. The first-order valence-corrected chi connectivity index (χ1v) is 8.19. The molecule has 0 aliphatic rings. The van der Waals surface area contributed by atoms with Crippen molar-refractivity contribution in [3.05, 3.63) is 41.9 Å². The van der Waals surface area contributed by atoms with Gasteiger partial charge in [-0.25, -0.2) is 9.97 Å². The van der Waals surface area contributed by atoms with Crippen molar-refractivity contribution in [2.75, 3.05) is 12.8 Å². The number of aromatic nitrogens is 4. The molecule has 0 fully saturated rings. The zero-order chi connectivity index (χ0) is 17.1. The van der Waals surface area contributed by atoms with Crippen molar-refractivity contribution >= 4 is 17.6 Å². The number of thioether (sulfide) groups is 1. The first kappa shape index (κ1) is 16.3. The summed E-state index contributed by atoms with van der Waals surface area (Å²) in [6, 6.07) is 9.20. The van der Waals surface area contributed by atoms with E-state index in [9.17, 15) is 0 Å². The SMILES string of the molecule is COc1ccc(-c2noc(C(C)Sc3nc(C)cc(N)n3)n2)cc1. The lowest BCUT2D eigenvalue weighted by Gasteiger charge is -2.06. The molecule has 2 aromatic heterocycles. The number of methoxy groups -OCH3 is 1. The van der Waals surface area contributed by atoms with Crippen molar-refractivity contribution in [3.8, 4) is 17.1 Å². The second-order valence-corrected chi connectivity index (χ2v) is 6.47. The molecule has 2 N–H and O–H groups in total. The minimum Gasteiger partial charge on any atom is -0.497 e. The lowest BCUT2D eigenvalue weighted by molar-refractivity contribution is 0.380. The lowest BCUT2D eigenvalue weighted by atomic mass is 10.2. The molecule has 24 heavy (non-hydrogen) atoms. The van der Waals surface area contributed by atoms with Gasteiger partial charge in [0.2, 0.25) is 11.7 Å². The first-order chi connectivity index (χ1) is 11.5. The number of nitrogens with two attached hydrogens (primary N) is 1. The van der Waals surface area contributed by atoms with E-state index in [1.54, 1.807) is 13.2 Å². The molecule has 2 heterocycles. The molecule has 1 atom stereocenters. The summed E-state index contributed by atoms with van der Waals surface area (Å²) in [5.74, 6) is 2.27. The van der Waals surface area contributed by atoms with E-state index in [0.717, 1.165) is 17.0 Å². The second kappa shape index (κ2) is 6.88. The van der Waals surface area contributed by atoms with E-state index < -0.39 is 0 Å². The molecule has 3 aromatic rings. The fraction of sp³-hybridized carbons (Fsp3) is 0.250. The number of hydrogen-bond donors (Lipinski definition) is 1. The van der Waals surface area contributed by atoms with Gasteiger partial charge < -0.3 is 15.0 Å². The molecule has 0 aliphatic carbocycles. The molecule has 0 saturated carbocycles. The highest BCUT2D eigenvalue weighted by atomic mass is 32.2. The van der Waals surface area contributed by atoms with E-state index in [1.807, 2.05) is 38.1 Å². The van der Waals surface area contributed by atoms with Gasteiger partial charge in [-0.15, -0.1) is 0 Å². The fourth-order valence-electron chi connectivity index (χ4n) is 2.08. The van der Waals surface area contributed by atoms with Crippen molar-refractivity contribution < 1.29 is 9.26 Å². The van der Waals surface area contributed by atoms with E-state index in [0.29, 0.717) is 22.7 Å². The Morgan fingerprint density at radius 1 is 1.17 bits per heavy atom. The summed E-state index contributed by atoms with van der Waals surface area (Å²) in [6.45, 7) is 3.83. The molecular weight excluding hydrogens is 326 g/mol. The van der Waals surface area contributed by atoms with Gasteiger partial charge in [0.15, 0.2) is 5.16 Å². The molecule has 124 valence electrons. The van der Waals surface area contributed by atoms with Crippen LogP contribution in [0.3, 0.4) is 0 Å². The number of hydrogen-bond acceptors (Lipinski definition) is 8. The van der Waals surface area contributed by atoms with Crippen LogP contribution in [0.1, 0.15) is 23.8 Å². The van der Waals surface area contributed by atoms with Crippen LogP contribution in [0, 0.1) is 6.92 Å². The summed E-state index contributed by atoms with van der Waals surface area (Å²) in [5.41, 5.74) is 7.43. The molecular formula is C16H17N5O2S. The molecule has 0 bridgehead atoms. The Bertz CT molecular complexity index is 814. The van der Waals surface area contributed by atoms with Crippen LogP contribution < -0.4 is 10.5 Å². The normalized spacial score (nSPS) is 12.1.